The van der Waals surface area contributed by atoms with Crippen LogP contribution >= 0.6 is 0 Å². The van der Waals surface area contributed by atoms with Crippen LogP contribution in [0.4, 0.5) is 0 Å². The average molecular weight is 301 g/mol. The SMILES string of the molecule is O=C(c1ccccc1)C1CCN(C(=O)C2(C(=O)O)CC2)CC1. The molecule has 1 saturated heterocycles. The van der Waals surface area contributed by atoms with Gasteiger partial charge in [-0.25, -0.2) is 0 Å². The van der Waals surface area contributed by atoms with E-state index in [2.05, 4.69) is 0 Å². The molecule has 0 bridgehead atoms. The number of benzene rings is 1. The maximum Gasteiger partial charge on any atom is 0.319 e. The first-order valence-electron chi connectivity index (χ1n) is 7.67. The van der Waals surface area contributed by atoms with Crippen molar-refractivity contribution in [3.63, 3.8) is 0 Å². The van der Waals surface area contributed by atoms with Gasteiger partial charge in [-0.3, -0.25) is 14.4 Å². The van der Waals surface area contributed by atoms with E-state index in [1.807, 2.05) is 30.3 Å². The lowest BCUT2D eigenvalue weighted by Gasteiger charge is -2.33. The predicted octanol–water partition coefficient (Wildman–Crippen LogP) is 1.97. The summed E-state index contributed by atoms with van der Waals surface area (Å²) in [5, 5.41) is 9.19. The second-order valence-corrected chi connectivity index (χ2v) is 6.18. The maximum atomic E-state index is 12.4. The van der Waals surface area contributed by atoms with E-state index >= 15 is 0 Å². The third-order valence-electron chi connectivity index (χ3n) is 4.78. The van der Waals surface area contributed by atoms with E-state index < -0.39 is 11.4 Å². The second kappa shape index (κ2) is 5.55. The highest BCUT2D eigenvalue weighted by molar-refractivity contribution is 6.05. The monoisotopic (exact) mass is 301 g/mol. The largest absolute Gasteiger partial charge is 0.480 e. The molecule has 0 radical (unpaired) electrons. The molecule has 5 nitrogen and oxygen atoms in total. The van der Waals surface area contributed by atoms with Crippen molar-refractivity contribution in [1.82, 2.24) is 4.90 Å². The standard InChI is InChI=1S/C17H19NO4/c19-14(12-4-2-1-3-5-12)13-6-10-18(11-7-13)15(20)17(8-9-17)16(21)22/h1-5,13H,6-11H2,(H,21,22). The van der Waals surface area contributed by atoms with Crippen LogP contribution in [-0.4, -0.2) is 40.8 Å². The fourth-order valence-electron chi connectivity index (χ4n) is 3.13. The third kappa shape index (κ3) is 2.51. The molecule has 0 atom stereocenters. The summed E-state index contributed by atoms with van der Waals surface area (Å²) in [6, 6.07) is 9.18. The van der Waals surface area contributed by atoms with E-state index in [0.717, 1.165) is 0 Å². The van der Waals surface area contributed by atoms with Crippen LogP contribution in [0.2, 0.25) is 0 Å². The molecule has 1 aliphatic heterocycles. The van der Waals surface area contributed by atoms with E-state index in [1.54, 1.807) is 4.90 Å². The minimum absolute atomic E-state index is 0.0774. The molecule has 1 N–H and O–H groups in total. The van der Waals surface area contributed by atoms with Crippen LogP contribution in [-0.2, 0) is 9.59 Å². The number of ketones is 1. The summed E-state index contributed by atoms with van der Waals surface area (Å²) in [5.41, 5.74) is -0.465. The molecular weight excluding hydrogens is 282 g/mol. The van der Waals surface area contributed by atoms with E-state index in [4.69, 9.17) is 0 Å². The smallest absolute Gasteiger partial charge is 0.319 e. The zero-order valence-corrected chi connectivity index (χ0v) is 12.3. The van der Waals surface area contributed by atoms with E-state index in [9.17, 15) is 19.5 Å². The first kappa shape index (κ1) is 14.8. The molecule has 0 aromatic heterocycles. The van der Waals surface area contributed by atoms with Crippen molar-refractivity contribution in [3.05, 3.63) is 35.9 Å². The van der Waals surface area contributed by atoms with Gasteiger partial charge in [0.05, 0.1) is 0 Å². The minimum atomic E-state index is -1.17. The Hall–Kier alpha value is -2.17. The molecule has 2 fully saturated rings. The van der Waals surface area contributed by atoms with Crippen molar-refractivity contribution in [1.29, 1.82) is 0 Å². The number of hydrogen-bond acceptors (Lipinski definition) is 3. The van der Waals surface area contributed by atoms with Gasteiger partial charge in [-0.15, -0.1) is 0 Å². The molecule has 1 amide bonds. The van der Waals surface area contributed by atoms with Crippen LogP contribution in [0.5, 0.6) is 0 Å². The number of piperidine rings is 1. The summed E-state index contributed by atoms with van der Waals surface area (Å²) in [6.07, 6.45) is 2.08. The Morgan fingerprint density at radius 3 is 2.14 bits per heavy atom. The van der Waals surface area contributed by atoms with Gasteiger partial charge in [0.25, 0.3) is 0 Å². The Morgan fingerprint density at radius 1 is 1.05 bits per heavy atom. The van der Waals surface area contributed by atoms with Crippen LogP contribution in [0.15, 0.2) is 30.3 Å². The molecule has 0 unspecified atom stereocenters. The lowest BCUT2D eigenvalue weighted by Crippen LogP contribution is -2.45. The number of rotatable bonds is 4. The van der Waals surface area contributed by atoms with Gasteiger partial charge in [0.15, 0.2) is 5.78 Å². The number of Topliss-reactive ketones (excluding diaryl/α,β-unsaturated/α-hetero) is 1. The number of aliphatic carboxylic acids is 1. The molecule has 2 aliphatic rings. The maximum absolute atomic E-state index is 12.4. The van der Waals surface area contributed by atoms with Crippen molar-refractivity contribution in [2.24, 2.45) is 11.3 Å². The average Bonchev–Trinajstić information content (AvgIpc) is 3.36. The molecule has 0 spiro atoms. The molecule has 1 heterocycles. The van der Waals surface area contributed by atoms with Crippen molar-refractivity contribution >= 4 is 17.7 Å². The highest BCUT2D eigenvalue weighted by atomic mass is 16.4. The van der Waals surface area contributed by atoms with Crippen LogP contribution in [0, 0.1) is 11.3 Å². The van der Waals surface area contributed by atoms with Gasteiger partial charge in [-0.2, -0.15) is 0 Å². The number of carbonyl (C=O) groups is 3. The summed E-state index contributed by atoms with van der Waals surface area (Å²) >= 11 is 0. The van der Waals surface area contributed by atoms with Crippen molar-refractivity contribution < 1.29 is 19.5 Å². The first-order valence-corrected chi connectivity index (χ1v) is 7.67. The van der Waals surface area contributed by atoms with Crippen LogP contribution in [0.3, 0.4) is 0 Å². The van der Waals surface area contributed by atoms with Crippen molar-refractivity contribution in [2.45, 2.75) is 25.7 Å². The lowest BCUT2D eigenvalue weighted by molar-refractivity contribution is -0.154. The fraction of sp³-hybridized carbons (Fsp3) is 0.471. The molecular formula is C17H19NO4. The molecule has 22 heavy (non-hydrogen) atoms. The van der Waals surface area contributed by atoms with Crippen molar-refractivity contribution in [2.75, 3.05) is 13.1 Å². The molecule has 5 heteroatoms. The normalized spacial score (nSPS) is 20.5. The number of carboxylic acid groups (broad SMARTS) is 1. The topological polar surface area (TPSA) is 74.7 Å². The molecule has 1 aromatic rings. The summed E-state index contributed by atoms with van der Waals surface area (Å²) < 4.78 is 0. The minimum Gasteiger partial charge on any atom is -0.480 e. The van der Waals surface area contributed by atoms with E-state index in [0.29, 0.717) is 44.3 Å². The number of carbonyl (C=O) groups excluding carboxylic acids is 2. The Labute approximate surface area is 128 Å². The zero-order valence-electron chi connectivity index (χ0n) is 12.3. The van der Waals surface area contributed by atoms with E-state index in [1.165, 1.54) is 0 Å². The Kier molecular flexibility index (Phi) is 3.72. The van der Waals surface area contributed by atoms with E-state index in [-0.39, 0.29) is 17.6 Å². The molecule has 116 valence electrons. The number of hydrogen-bond donors (Lipinski definition) is 1. The molecule has 1 saturated carbocycles. The van der Waals surface area contributed by atoms with Crippen LogP contribution in [0.25, 0.3) is 0 Å². The summed E-state index contributed by atoms with van der Waals surface area (Å²) in [7, 11) is 0. The van der Waals surface area contributed by atoms with Gasteiger partial charge in [-0.1, -0.05) is 30.3 Å². The fourth-order valence-corrected chi connectivity index (χ4v) is 3.13. The Morgan fingerprint density at radius 2 is 1.64 bits per heavy atom. The summed E-state index contributed by atoms with van der Waals surface area (Å²) in [5.74, 6) is -1.25. The number of likely N-dealkylation sites (tertiary alicyclic amines) is 1. The first-order chi connectivity index (χ1) is 10.5. The second-order valence-electron chi connectivity index (χ2n) is 6.18. The van der Waals surface area contributed by atoms with Gasteiger partial charge in [0.1, 0.15) is 5.41 Å². The van der Waals surface area contributed by atoms with Gasteiger partial charge >= 0.3 is 5.97 Å². The van der Waals surface area contributed by atoms with Crippen molar-refractivity contribution in [3.8, 4) is 0 Å². The van der Waals surface area contributed by atoms with Gasteiger partial charge < -0.3 is 10.0 Å². The third-order valence-corrected chi connectivity index (χ3v) is 4.78. The molecule has 3 rings (SSSR count). The Balaban J connectivity index is 1.60. The summed E-state index contributed by atoms with van der Waals surface area (Å²) in [6.45, 7) is 0.939. The lowest BCUT2D eigenvalue weighted by atomic mass is 9.88. The highest BCUT2D eigenvalue weighted by Gasteiger charge is 2.58. The number of nitrogens with zero attached hydrogens (tertiary/aromatic N) is 1. The quantitative estimate of drug-likeness (QED) is 0.681. The highest BCUT2D eigenvalue weighted by Crippen LogP contribution is 2.48. The van der Waals surface area contributed by atoms with Crippen LogP contribution < -0.4 is 0 Å². The Bertz CT molecular complexity index is 598. The zero-order chi connectivity index (χ0) is 15.7. The van der Waals surface area contributed by atoms with Gasteiger partial charge in [0.2, 0.25) is 5.91 Å². The van der Waals surface area contributed by atoms with Gasteiger partial charge in [0, 0.05) is 24.6 Å². The number of carboxylic acids is 1. The molecule has 1 aromatic carbocycles. The summed E-state index contributed by atoms with van der Waals surface area (Å²) in [4.78, 5) is 37.6. The number of amides is 1. The van der Waals surface area contributed by atoms with Gasteiger partial charge in [-0.05, 0) is 25.7 Å². The predicted molar refractivity (Wildman–Crippen MR) is 79.4 cm³/mol. The molecule has 1 aliphatic carbocycles. The van der Waals surface area contributed by atoms with Crippen LogP contribution in [0.1, 0.15) is 36.0 Å².